The van der Waals surface area contributed by atoms with Crippen LogP contribution in [0.2, 0.25) is 0 Å². The quantitative estimate of drug-likeness (QED) is 0.924. The molecule has 1 fully saturated rings. The summed E-state index contributed by atoms with van der Waals surface area (Å²) in [6.45, 7) is 8.14. The Labute approximate surface area is 135 Å². The minimum atomic E-state index is -0.0913. The van der Waals surface area contributed by atoms with Gasteiger partial charge in [0, 0.05) is 17.1 Å². The molecule has 6 nitrogen and oxygen atoms in total. The molecule has 0 saturated carbocycles. The molecular weight excluding hydrogens is 290 g/mol. The maximum Gasteiger partial charge on any atom is 0.253 e. The van der Waals surface area contributed by atoms with Gasteiger partial charge in [0.2, 0.25) is 11.9 Å². The van der Waals surface area contributed by atoms with Crippen molar-refractivity contribution in [1.82, 2.24) is 15.3 Å². The first-order valence-electron chi connectivity index (χ1n) is 7.48. The first kappa shape index (κ1) is 15.1. The lowest BCUT2D eigenvalue weighted by atomic mass is 10.1. The Balaban J connectivity index is 2.00. The van der Waals surface area contributed by atoms with Crippen molar-refractivity contribution >= 4 is 23.5 Å². The number of aliphatic imine (C=N–C) groups is 1. The molecule has 0 radical (unpaired) electrons. The number of carbonyl (C=O) groups is 1. The molecule has 0 unspecified atom stereocenters. The predicted octanol–water partition coefficient (Wildman–Crippen LogP) is 2.33. The fourth-order valence-corrected chi connectivity index (χ4v) is 2.50. The molecule has 1 aromatic heterocycles. The van der Waals surface area contributed by atoms with E-state index in [4.69, 9.17) is 0 Å². The minimum Gasteiger partial charge on any atom is -0.303 e. The molecule has 3 rings (SSSR count). The number of benzene rings is 1. The van der Waals surface area contributed by atoms with Gasteiger partial charge >= 0.3 is 0 Å². The van der Waals surface area contributed by atoms with Gasteiger partial charge in [-0.25, -0.2) is 9.97 Å². The highest BCUT2D eigenvalue weighted by atomic mass is 16.2. The fraction of sp³-hybridized carbons (Fsp3) is 0.294. The van der Waals surface area contributed by atoms with Crippen LogP contribution in [0.3, 0.4) is 0 Å². The van der Waals surface area contributed by atoms with Crippen molar-refractivity contribution < 1.29 is 4.79 Å². The number of hydrogen-bond donors (Lipinski definition) is 1. The largest absolute Gasteiger partial charge is 0.303 e. The van der Waals surface area contributed by atoms with E-state index in [0.717, 1.165) is 17.1 Å². The molecule has 1 aromatic carbocycles. The molecule has 1 amide bonds. The second kappa shape index (κ2) is 5.79. The number of hydrogen-bond acceptors (Lipinski definition) is 4. The van der Waals surface area contributed by atoms with E-state index in [1.165, 1.54) is 11.1 Å². The van der Waals surface area contributed by atoms with Crippen LogP contribution < -0.4 is 10.2 Å². The van der Waals surface area contributed by atoms with E-state index in [9.17, 15) is 4.79 Å². The van der Waals surface area contributed by atoms with Crippen molar-refractivity contribution in [2.45, 2.75) is 27.7 Å². The summed E-state index contributed by atoms with van der Waals surface area (Å²) in [6.07, 6.45) is 0. The van der Waals surface area contributed by atoms with E-state index < -0.39 is 0 Å². The number of aryl methyl sites for hydroxylation is 4. The topological polar surface area (TPSA) is 70.5 Å². The molecule has 1 aliphatic heterocycles. The van der Waals surface area contributed by atoms with Gasteiger partial charge in [0.1, 0.15) is 6.54 Å². The van der Waals surface area contributed by atoms with Crippen LogP contribution in [-0.4, -0.2) is 28.4 Å². The van der Waals surface area contributed by atoms with Crippen LogP contribution in [0.5, 0.6) is 0 Å². The maximum absolute atomic E-state index is 11.8. The average Bonchev–Trinajstić information content (AvgIpc) is 2.81. The number of nitrogens with zero attached hydrogens (tertiary/aromatic N) is 4. The summed E-state index contributed by atoms with van der Waals surface area (Å²) >= 11 is 0. The van der Waals surface area contributed by atoms with Gasteiger partial charge in [0.05, 0.1) is 0 Å². The zero-order valence-electron chi connectivity index (χ0n) is 13.7. The fourth-order valence-electron chi connectivity index (χ4n) is 2.50. The standard InChI is InChI=1S/C17H19N5O/c1-10-5-6-14(7-11(10)2)22-9-15(23)20-17(22)21-16-18-12(3)8-13(4)19-16/h5-8H,9H2,1-4H3,(H,18,19,20,21,23). The van der Waals surface area contributed by atoms with Gasteiger partial charge in [0.25, 0.3) is 5.95 Å². The first-order valence-corrected chi connectivity index (χ1v) is 7.48. The summed E-state index contributed by atoms with van der Waals surface area (Å²) in [5.41, 5.74) is 5.00. The summed E-state index contributed by atoms with van der Waals surface area (Å²) in [7, 11) is 0. The third-order valence-electron chi connectivity index (χ3n) is 3.79. The van der Waals surface area contributed by atoms with E-state index >= 15 is 0 Å². The molecule has 2 heterocycles. The monoisotopic (exact) mass is 309 g/mol. The predicted molar refractivity (Wildman–Crippen MR) is 90.0 cm³/mol. The van der Waals surface area contributed by atoms with Crippen LogP contribution in [0.15, 0.2) is 29.3 Å². The van der Waals surface area contributed by atoms with Gasteiger partial charge < -0.3 is 4.90 Å². The molecule has 1 aliphatic rings. The highest BCUT2D eigenvalue weighted by molar-refractivity contribution is 6.15. The Morgan fingerprint density at radius 1 is 1.04 bits per heavy atom. The zero-order valence-corrected chi connectivity index (χ0v) is 13.7. The second-order valence-corrected chi connectivity index (χ2v) is 5.79. The molecular formula is C17H19N5O. The second-order valence-electron chi connectivity index (χ2n) is 5.79. The number of anilines is 1. The van der Waals surface area contributed by atoms with Crippen LogP contribution in [0, 0.1) is 27.7 Å². The normalized spacial score (nSPS) is 16.1. The van der Waals surface area contributed by atoms with Gasteiger partial charge in [-0.15, -0.1) is 0 Å². The molecule has 6 heteroatoms. The molecule has 0 bridgehead atoms. The van der Waals surface area contributed by atoms with Gasteiger partial charge in [-0.2, -0.15) is 4.99 Å². The molecule has 2 aromatic rings. The van der Waals surface area contributed by atoms with E-state index in [0.29, 0.717) is 11.9 Å². The van der Waals surface area contributed by atoms with E-state index in [2.05, 4.69) is 27.2 Å². The Bertz CT molecular complexity index is 792. The summed E-state index contributed by atoms with van der Waals surface area (Å²) in [5, 5.41) is 2.78. The maximum atomic E-state index is 11.8. The van der Waals surface area contributed by atoms with Crippen molar-refractivity contribution in [3.05, 3.63) is 46.8 Å². The Morgan fingerprint density at radius 3 is 2.39 bits per heavy atom. The lowest BCUT2D eigenvalue weighted by Crippen LogP contribution is -2.30. The first-order chi connectivity index (χ1) is 10.9. The number of guanidine groups is 1. The average molecular weight is 309 g/mol. The number of nitrogens with one attached hydrogen (secondary N) is 1. The smallest absolute Gasteiger partial charge is 0.253 e. The van der Waals surface area contributed by atoms with Crippen molar-refractivity contribution in [2.75, 3.05) is 11.4 Å². The molecule has 0 aliphatic carbocycles. The Morgan fingerprint density at radius 2 is 1.74 bits per heavy atom. The van der Waals surface area contributed by atoms with Crippen LogP contribution in [0.25, 0.3) is 0 Å². The van der Waals surface area contributed by atoms with Crippen LogP contribution >= 0.6 is 0 Å². The lowest BCUT2D eigenvalue weighted by molar-refractivity contribution is -0.117. The summed E-state index contributed by atoms with van der Waals surface area (Å²) < 4.78 is 0. The molecule has 1 saturated heterocycles. The van der Waals surface area contributed by atoms with Gasteiger partial charge in [-0.3, -0.25) is 10.1 Å². The zero-order chi connectivity index (χ0) is 16.6. The van der Waals surface area contributed by atoms with Crippen molar-refractivity contribution in [2.24, 2.45) is 4.99 Å². The Hall–Kier alpha value is -2.76. The van der Waals surface area contributed by atoms with Crippen molar-refractivity contribution in [3.8, 4) is 0 Å². The number of amides is 1. The van der Waals surface area contributed by atoms with E-state index in [1.54, 1.807) is 0 Å². The van der Waals surface area contributed by atoms with Gasteiger partial charge in [-0.05, 0) is 57.0 Å². The Kier molecular flexibility index (Phi) is 3.82. The number of aromatic nitrogens is 2. The van der Waals surface area contributed by atoms with Crippen molar-refractivity contribution in [1.29, 1.82) is 0 Å². The molecule has 1 N–H and O–H groups in total. The minimum absolute atomic E-state index is 0.0913. The molecule has 0 spiro atoms. The number of carbonyl (C=O) groups excluding carboxylic acids is 1. The van der Waals surface area contributed by atoms with Gasteiger partial charge in [0.15, 0.2) is 0 Å². The van der Waals surface area contributed by atoms with Crippen LogP contribution in [0.4, 0.5) is 11.6 Å². The summed E-state index contributed by atoms with van der Waals surface area (Å²) in [5.74, 6) is 0.725. The van der Waals surface area contributed by atoms with Gasteiger partial charge in [-0.1, -0.05) is 6.07 Å². The molecule has 23 heavy (non-hydrogen) atoms. The third kappa shape index (κ3) is 3.21. The molecule has 118 valence electrons. The summed E-state index contributed by atoms with van der Waals surface area (Å²) in [4.78, 5) is 26.7. The number of rotatable bonds is 2. The third-order valence-corrected chi connectivity index (χ3v) is 3.79. The van der Waals surface area contributed by atoms with E-state index in [-0.39, 0.29) is 12.5 Å². The highest BCUT2D eigenvalue weighted by Crippen LogP contribution is 2.21. The van der Waals surface area contributed by atoms with Crippen LogP contribution in [-0.2, 0) is 4.79 Å². The SMILES string of the molecule is Cc1cc(C)nc(N=C2NC(=O)CN2c2ccc(C)c(C)c2)n1. The van der Waals surface area contributed by atoms with E-state index in [1.807, 2.05) is 49.9 Å². The van der Waals surface area contributed by atoms with Crippen LogP contribution in [0.1, 0.15) is 22.5 Å². The van der Waals surface area contributed by atoms with Crippen molar-refractivity contribution in [3.63, 3.8) is 0 Å². The molecule has 0 atom stereocenters. The summed E-state index contributed by atoms with van der Waals surface area (Å²) in [6, 6.07) is 7.96. The highest BCUT2D eigenvalue weighted by Gasteiger charge is 2.27. The lowest BCUT2D eigenvalue weighted by Gasteiger charge is -2.17.